The van der Waals surface area contributed by atoms with E-state index in [2.05, 4.69) is 0 Å². The average Bonchev–Trinajstić information content (AvgIpc) is 1.68. The molecule has 1 radical (unpaired) electrons. The molecule has 3 heteroatoms. The molecule has 73 valence electrons. The van der Waals surface area contributed by atoms with Gasteiger partial charge < -0.3 is 12.2 Å². The van der Waals surface area contributed by atoms with E-state index in [1.54, 1.807) is 6.92 Å². The molecule has 0 unspecified atom stereocenters. The molecule has 0 amide bonds. The molecule has 0 N–H and O–H groups in total. The van der Waals surface area contributed by atoms with Crippen molar-refractivity contribution in [2.24, 2.45) is 5.92 Å². The van der Waals surface area contributed by atoms with Gasteiger partial charge in [0, 0.05) is 38.6 Å². The van der Waals surface area contributed by atoms with E-state index in [0.717, 1.165) is 6.29 Å². The fourth-order valence-electron chi connectivity index (χ4n) is 0. The summed E-state index contributed by atoms with van der Waals surface area (Å²) in [6.45, 7) is 6.83. The van der Waals surface area contributed by atoms with Crippen LogP contribution in [0.5, 0.6) is 0 Å². The molecule has 0 saturated heterocycles. The second kappa shape index (κ2) is 22.5. The molecule has 0 aliphatic carbocycles. The third-order valence-corrected chi connectivity index (χ3v) is 0.813. The molecular formula is C9H21O2Y-. The molecule has 0 atom stereocenters. The van der Waals surface area contributed by atoms with Gasteiger partial charge in [-0.25, -0.2) is 0 Å². The fourth-order valence-corrected chi connectivity index (χ4v) is 0. The topological polar surface area (TPSA) is 34.1 Å². The van der Waals surface area contributed by atoms with Crippen LogP contribution in [0.1, 0.15) is 35.1 Å². The molecule has 0 aliphatic heterocycles. The molecule has 12 heavy (non-hydrogen) atoms. The van der Waals surface area contributed by atoms with Crippen molar-refractivity contribution in [1.82, 2.24) is 0 Å². The van der Waals surface area contributed by atoms with Crippen molar-refractivity contribution in [3.8, 4) is 0 Å². The largest absolute Gasteiger partial charge is 0.358 e. The average molecular weight is 250 g/mol. The Morgan fingerprint density at radius 1 is 1.33 bits per heavy atom. The zero-order valence-corrected chi connectivity index (χ0v) is 10.9. The first kappa shape index (κ1) is 29.4. The Morgan fingerprint density at radius 2 is 1.42 bits per heavy atom. The van der Waals surface area contributed by atoms with Crippen molar-refractivity contribution in [3.63, 3.8) is 0 Å². The summed E-state index contributed by atoms with van der Waals surface area (Å²) in [5.41, 5.74) is 0. The van der Waals surface area contributed by atoms with E-state index in [0.29, 0.717) is 0 Å². The maximum atomic E-state index is 10.1. The smallest absolute Gasteiger partial charge is 0.132 e. The number of rotatable bonds is 1. The van der Waals surface area contributed by atoms with Gasteiger partial charge >= 0.3 is 0 Å². The predicted octanol–water partition coefficient (Wildman–Crippen LogP) is 2.52. The summed E-state index contributed by atoms with van der Waals surface area (Å²) >= 11 is 0. The number of carbonyl (C=O) groups excluding carboxylic acids is 2. The van der Waals surface area contributed by atoms with Gasteiger partial charge in [0.1, 0.15) is 12.1 Å². The van der Waals surface area contributed by atoms with E-state index < -0.39 is 0 Å². The number of Topliss-reactive ketones (excluding diaryl/α,β-unsaturated/α-hetero) is 1. The fraction of sp³-hybridized carbons (Fsp3) is 0.667. The van der Waals surface area contributed by atoms with Gasteiger partial charge in [0.25, 0.3) is 0 Å². The van der Waals surface area contributed by atoms with Crippen LogP contribution in [0.4, 0.5) is 0 Å². The predicted molar refractivity (Wildman–Crippen MR) is 50.4 cm³/mol. The second-order valence-electron chi connectivity index (χ2n) is 2.00. The minimum absolute atomic E-state index is 0. The summed E-state index contributed by atoms with van der Waals surface area (Å²) in [5, 5.41) is 0. The van der Waals surface area contributed by atoms with E-state index in [9.17, 15) is 4.79 Å². The third-order valence-electron chi connectivity index (χ3n) is 0.813. The van der Waals surface area contributed by atoms with Crippen molar-refractivity contribution in [2.75, 3.05) is 0 Å². The third kappa shape index (κ3) is 47.2. The van der Waals surface area contributed by atoms with Gasteiger partial charge in [0.05, 0.1) is 0 Å². The van der Waals surface area contributed by atoms with E-state index in [1.165, 1.54) is 6.92 Å². The maximum absolute atomic E-state index is 10.1. The Balaban J connectivity index is -0.0000000246. The summed E-state index contributed by atoms with van der Waals surface area (Å²) in [6.07, 6.45) is 0.750. The van der Waals surface area contributed by atoms with E-state index in [4.69, 9.17) is 4.79 Å². The minimum atomic E-state index is 0. The summed E-state index contributed by atoms with van der Waals surface area (Å²) in [5.74, 6) is 0.472. The Labute approximate surface area is 102 Å². The molecule has 0 aliphatic rings. The second-order valence-corrected chi connectivity index (χ2v) is 2.00. The van der Waals surface area contributed by atoms with Crippen LogP contribution >= 0.6 is 0 Å². The number of hydrogen-bond donors (Lipinski definition) is 0. The molecule has 0 saturated carbocycles. The number of carbonyl (C=O) groups is 2. The van der Waals surface area contributed by atoms with Crippen LogP contribution in [0.15, 0.2) is 0 Å². The van der Waals surface area contributed by atoms with Gasteiger partial charge in [-0.3, -0.25) is 4.79 Å². The van der Waals surface area contributed by atoms with Crippen molar-refractivity contribution in [3.05, 3.63) is 7.43 Å². The molecule has 0 fully saturated rings. The molecular weight excluding hydrogens is 229 g/mol. The van der Waals surface area contributed by atoms with E-state index in [1.807, 2.05) is 13.8 Å². The number of ketones is 1. The zero-order chi connectivity index (χ0) is 7.86. The first-order chi connectivity index (χ1) is 4.06. The van der Waals surface area contributed by atoms with Crippen LogP contribution in [-0.2, 0) is 42.3 Å². The Morgan fingerprint density at radius 3 is 1.42 bits per heavy atom. The van der Waals surface area contributed by atoms with Crippen molar-refractivity contribution >= 4 is 12.1 Å². The summed E-state index contributed by atoms with van der Waals surface area (Å²) in [4.78, 5) is 18.9. The molecule has 0 heterocycles. The van der Waals surface area contributed by atoms with Gasteiger partial charge in [-0.2, -0.15) is 0 Å². The van der Waals surface area contributed by atoms with E-state index in [-0.39, 0.29) is 59.3 Å². The van der Waals surface area contributed by atoms with Crippen LogP contribution in [-0.4, -0.2) is 12.1 Å². The quantitative estimate of drug-likeness (QED) is 0.529. The van der Waals surface area contributed by atoms with Crippen molar-refractivity contribution < 1.29 is 42.3 Å². The summed E-state index contributed by atoms with van der Waals surface area (Å²) in [7, 11) is 0. The molecule has 0 aromatic rings. The van der Waals surface area contributed by atoms with Crippen molar-refractivity contribution in [2.45, 2.75) is 35.1 Å². The maximum Gasteiger partial charge on any atom is 0.132 e. The van der Waals surface area contributed by atoms with Crippen LogP contribution in [0.25, 0.3) is 0 Å². The molecule has 0 rings (SSSR count). The van der Waals surface area contributed by atoms with Gasteiger partial charge in [0.2, 0.25) is 0 Å². The van der Waals surface area contributed by atoms with Gasteiger partial charge in [-0.05, 0) is 13.8 Å². The first-order valence-electron chi connectivity index (χ1n) is 2.96. The Hall–Kier alpha value is 0.444. The van der Waals surface area contributed by atoms with Crippen LogP contribution in [0.2, 0.25) is 0 Å². The number of hydrogen-bond acceptors (Lipinski definition) is 2. The van der Waals surface area contributed by atoms with E-state index >= 15 is 0 Å². The zero-order valence-electron chi connectivity index (χ0n) is 8.05. The van der Waals surface area contributed by atoms with Crippen LogP contribution < -0.4 is 0 Å². The molecule has 0 aromatic heterocycles. The molecule has 0 bridgehead atoms. The Kier molecular flexibility index (Phi) is 55.2. The van der Waals surface area contributed by atoms with Gasteiger partial charge in [-0.1, -0.05) is 21.3 Å². The van der Waals surface area contributed by atoms with Crippen molar-refractivity contribution in [1.29, 1.82) is 0 Å². The minimum Gasteiger partial charge on any atom is -0.358 e. The van der Waals surface area contributed by atoms with Gasteiger partial charge in [-0.15, -0.1) is 0 Å². The van der Waals surface area contributed by atoms with Gasteiger partial charge in [0.15, 0.2) is 0 Å². The molecule has 0 aromatic carbocycles. The number of aldehydes is 1. The van der Waals surface area contributed by atoms with Crippen LogP contribution in [0.3, 0.4) is 0 Å². The standard InChI is InChI=1S/C5H10O.C2H4O.CH4.CH3.Y/c1-4(2)5(3)6;1-2-3;;;/h4H,1-3H3;2H,1H3;1H4;1H3;/q;;;-1;. The molecule has 2 nitrogen and oxygen atoms in total. The molecule has 0 spiro atoms. The Bertz CT molecular complexity index is 90.5. The summed E-state index contributed by atoms with van der Waals surface area (Å²) in [6, 6.07) is 0. The van der Waals surface area contributed by atoms with Crippen LogP contribution in [0, 0.1) is 13.3 Å². The normalized spacial score (nSPS) is 5.75. The first-order valence-corrected chi connectivity index (χ1v) is 2.96. The SMILES string of the molecule is C.CC(=O)C(C)C.CC=O.[CH3-].[Y]. The monoisotopic (exact) mass is 250 g/mol. The summed E-state index contributed by atoms with van der Waals surface area (Å²) < 4.78 is 0.